The van der Waals surface area contributed by atoms with Gasteiger partial charge < -0.3 is 10.1 Å². The number of Topliss-reactive ketones (excluding diaryl/α,β-unsaturated/α-hetero) is 1. The van der Waals surface area contributed by atoms with Crippen molar-refractivity contribution in [3.05, 3.63) is 23.7 Å². The molecule has 3 heterocycles. The Morgan fingerprint density at radius 1 is 1.30 bits per heavy atom. The van der Waals surface area contributed by atoms with Crippen molar-refractivity contribution in [1.29, 1.82) is 0 Å². The molecular weight excluding hydrogens is 482 g/mol. The molecule has 0 radical (unpaired) electrons. The second-order valence-electron chi connectivity index (χ2n) is 7.74. The summed E-state index contributed by atoms with van der Waals surface area (Å²) in [5, 5.41) is 9.48. The van der Waals surface area contributed by atoms with Gasteiger partial charge in [-0.1, -0.05) is 0 Å². The predicted molar refractivity (Wildman–Crippen MR) is 110 cm³/mol. The third kappa shape index (κ3) is 5.68. The number of ether oxygens (including phenoxy) is 1. The fraction of sp³-hybridized carbons (Fsp3) is 0.438. The van der Waals surface area contributed by atoms with E-state index in [1.165, 1.54) is 22.7 Å². The summed E-state index contributed by atoms with van der Waals surface area (Å²) < 4.78 is 38.7. The van der Waals surface area contributed by atoms with Crippen LogP contribution in [-0.4, -0.2) is 78.4 Å². The predicted octanol–water partition coefficient (Wildman–Crippen LogP) is -0.537. The van der Waals surface area contributed by atoms with Crippen LogP contribution in [0.5, 0.6) is 0 Å². The Hall–Kier alpha value is -3.44. The minimum atomic E-state index is -4.91. The van der Waals surface area contributed by atoms with Gasteiger partial charge in [0.05, 0.1) is 12.6 Å². The zero-order valence-electron chi connectivity index (χ0n) is 17.5. The lowest BCUT2D eigenvalue weighted by molar-refractivity contribution is -0.145. The number of rotatable bonds is 7. The van der Waals surface area contributed by atoms with Crippen LogP contribution in [0.4, 0.5) is 9.93 Å². The molecule has 1 fully saturated rings. The zero-order chi connectivity index (χ0) is 24.6. The molecule has 2 aromatic heterocycles. The molecular formula is C16H19N7O8S2. The van der Waals surface area contributed by atoms with E-state index in [1.54, 1.807) is 20.8 Å². The second-order valence-corrected chi connectivity index (χ2v) is 9.89. The van der Waals surface area contributed by atoms with Crippen LogP contribution in [0.25, 0.3) is 0 Å². The number of hydrogen-bond acceptors (Lipinski definition) is 11. The van der Waals surface area contributed by atoms with Crippen molar-refractivity contribution in [2.45, 2.75) is 45.0 Å². The highest BCUT2D eigenvalue weighted by Crippen LogP contribution is 2.25. The summed E-state index contributed by atoms with van der Waals surface area (Å²) in [5.41, 5.74) is -1.07. The summed E-state index contributed by atoms with van der Waals surface area (Å²) in [4.78, 5) is 56.4. The molecule has 0 spiro atoms. The van der Waals surface area contributed by atoms with E-state index in [1.807, 2.05) is 0 Å². The summed E-state index contributed by atoms with van der Waals surface area (Å²) >= 11 is 0.866. The molecule has 0 bridgehead atoms. The molecule has 1 saturated heterocycles. The van der Waals surface area contributed by atoms with Gasteiger partial charge >= 0.3 is 16.4 Å². The smallest absolute Gasteiger partial charge is 0.413 e. The SMILES string of the molecule is CC(C)(C)OC(=O)Nc1nc(C(=O)C(=O)N[C@@H]2C(=O)N(S(=O)(=O)O)[C@@H]2Cn2cncn2)cs1. The van der Waals surface area contributed by atoms with Crippen molar-refractivity contribution in [3.8, 4) is 0 Å². The Labute approximate surface area is 191 Å². The normalized spacial score (nSPS) is 18.4. The number of nitrogens with one attached hydrogen (secondary N) is 2. The number of ketones is 1. The molecule has 2 atom stereocenters. The first-order valence-electron chi connectivity index (χ1n) is 9.20. The van der Waals surface area contributed by atoms with Gasteiger partial charge in [-0.2, -0.15) is 13.5 Å². The highest BCUT2D eigenvalue weighted by Gasteiger charge is 2.54. The summed E-state index contributed by atoms with van der Waals surface area (Å²) in [7, 11) is -4.91. The van der Waals surface area contributed by atoms with E-state index in [0.717, 1.165) is 11.3 Å². The Morgan fingerprint density at radius 2 is 2.00 bits per heavy atom. The molecule has 0 saturated carbocycles. The van der Waals surface area contributed by atoms with Gasteiger partial charge in [-0.15, -0.1) is 11.3 Å². The molecule has 2 aromatic rings. The van der Waals surface area contributed by atoms with Crippen molar-refractivity contribution >= 4 is 50.5 Å². The standard InChI is InChI=1S/C16H19N7O8S2/c1-16(2,3)31-15(27)21-14-19-8(5-32-14)11(24)12(25)20-10-9(4-22-7-17-6-18-22)23(13(10)26)33(28,29)30/h5-7,9-10H,4H2,1-3H3,(H,20,25)(H,19,21,27)(H,28,29,30)/t9-,10+/m1/s1. The van der Waals surface area contributed by atoms with Crippen molar-refractivity contribution < 1.29 is 36.9 Å². The summed E-state index contributed by atoms with van der Waals surface area (Å²) in [6.07, 6.45) is 1.60. The number of amides is 3. The minimum absolute atomic E-state index is 0.00160. The first kappa shape index (κ1) is 24.2. The first-order chi connectivity index (χ1) is 15.3. The van der Waals surface area contributed by atoms with Crippen LogP contribution in [0, 0.1) is 0 Å². The summed E-state index contributed by atoms with van der Waals surface area (Å²) in [6, 6.07) is -2.67. The van der Waals surface area contributed by atoms with Crippen molar-refractivity contribution in [3.63, 3.8) is 0 Å². The number of hydrogen-bond donors (Lipinski definition) is 3. The number of carbonyl (C=O) groups is 4. The topological polar surface area (TPSA) is 203 Å². The molecule has 33 heavy (non-hydrogen) atoms. The van der Waals surface area contributed by atoms with Crippen LogP contribution in [-0.2, 0) is 31.2 Å². The largest absolute Gasteiger partial charge is 0.444 e. The molecule has 3 amide bonds. The Balaban J connectivity index is 1.67. The second kappa shape index (κ2) is 8.83. The first-order valence-corrected chi connectivity index (χ1v) is 11.5. The van der Waals surface area contributed by atoms with E-state index >= 15 is 0 Å². The van der Waals surface area contributed by atoms with E-state index in [-0.39, 0.29) is 21.7 Å². The van der Waals surface area contributed by atoms with Crippen molar-refractivity contribution in [2.24, 2.45) is 0 Å². The van der Waals surface area contributed by atoms with Gasteiger partial charge in [0, 0.05) is 5.38 Å². The van der Waals surface area contributed by atoms with Crippen LogP contribution in [0.3, 0.4) is 0 Å². The van der Waals surface area contributed by atoms with E-state index < -0.39 is 51.7 Å². The minimum Gasteiger partial charge on any atom is -0.444 e. The third-order valence-corrected chi connectivity index (χ3v) is 5.80. The molecule has 17 heteroatoms. The van der Waals surface area contributed by atoms with E-state index in [9.17, 15) is 32.1 Å². The van der Waals surface area contributed by atoms with Gasteiger partial charge in [0.25, 0.3) is 17.6 Å². The molecule has 3 N–H and O–H groups in total. The van der Waals surface area contributed by atoms with Gasteiger partial charge in [-0.05, 0) is 20.8 Å². The Morgan fingerprint density at radius 3 is 2.58 bits per heavy atom. The maximum Gasteiger partial charge on any atom is 0.413 e. The van der Waals surface area contributed by atoms with Crippen LogP contribution in [0.2, 0.25) is 0 Å². The highest BCUT2D eigenvalue weighted by atomic mass is 32.2. The van der Waals surface area contributed by atoms with Crippen LogP contribution >= 0.6 is 11.3 Å². The molecule has 1 aliphatic heterocycles. The Bertz CT molecular complexity index is 1190. The molecule has 15 nitrogen and oxygen atoms in total. The fourth-order valence-corrected chi connectivity index (χ4v) is 4.36. The van der Waals surface area contributed by atoms with E-state index in [4.69, 9.17) is 4.74 Å². The van der Waals surface area contributed by atoms with Crippen LogP contribution < -0.4 is 10.6 Å². The molecule has 3 rings (SSSR count). The van der Waals surface area contributed by atoms with E-state index in [2.05, 4.69) is 25.7 Å². The zero-order valence-corrected chi connectivity index (χ0v) is 19.1. The van der Waals surface area contributed by atoms with Gasteiger partial charge in [-0.25, -0.2) is 19.1 Å². The molecule has 1 aliphatic rings. The monoisotopic (exact) mass is 501 g/mol. The number of aromatic nitrogens is 4. The molecule has 178 valence electrons. The van der Waals surface area contributed by atoms with Crippen molar-refractivity contribution in [2.75, 3.05) is 5.32 Å². The molecule has 0 unspecified atom stereocenters. The quantitative estimate of drug-likeness (QED) is 0.190. The summed E-state index contributed by atoms with van der Waals surface area (Å²) in [6.45, 7) is 4.75. The lowest BCUT2D eigenvalue weighted by Gasteiger charge is -2.43. The maximum absolute atomic E-state index is 12.4. The fourth-order valence-electron chi connectivity index (χ4n) is 2.81. The third-order valence-electron chi connectivity index (χ3n) is 4.10. The number of thiazole rings is 1. The number of β-lactam (4-membered cyclic amide) rings is 1. The maximum atomic E-state index is 12.4. The Kier molecular flexibility index (Phi) is 6.48. The number of anilines is 1. The highest BCUT2D eigenvalue weighted by molar-refractivity contribution is 7.84. The van der Waals surface area contributed by atoms with Crippen LogP contribution in [0.1, 0.15) is 31.3 Å². The average molecular weight is 502 g/mol. The number of nitrogens with zero attached hydrogens (tertiary/aromatic N) is 5. The average Bonchev–Trinajstić information content (AvgIpc) is 3.34. The van der Waals surface area contributed by atoms with Gasteiger partial charge in [0.2, 0.25) is 0 Å². The van der Waals surface area contributed by atoms with E-state index in [0.29, 0.717) is 0 Å². The summed E-state index contributed by atoms with van der Waals surface area (Å²) in [5.74, 6) is -3.49. The lowest BCUT2D eigenvalue weighted by Crippen LogP contribution is -2.73. The number of carbonyl (C=O) groups excluding carboxylic acids is 4. The van der Waals surface area contributed by atoms with Crippen molar-refractivity contribution in [1.82, 2.24) is 29.4 Å². The van der Waals surface area contributed by atoms with Crippen LogP contribution in [0.15, 0.2) is 18.0 Å². The molecule has 0 aliphatic carbocycles. The lowest BCUT2D eigenvalue weighted by atomic mass is 9.98. The molecule has 0 aromatic carbocycles. The van der Waals surface area contributed by atoms with Gasteiger partial charge in [0.15, 0.2) is 5.13 Å². The van der Waals surface area contributed by atoms with Gasteiger partial charge in [-0.3, -0.25) is 28.9 Å². The van der Waals surface area contributed by atoms with Gasteiger partial charge in [0.1, 0.15) is 30.0 Å².